The van der Waals surface area contributed by atoms with E-state index >= 15 is 0 Å². The van der Waals surface area contributed by atoms with Crippen LogP contribution in [0.1, 0.15) is 65.2 Å². The zero-order valence-corrected chi connectivity index (χ0v) is 14.4. The lowest BCUT2D eigenvalue weighted by atomic mass is 9.53. The first kappa shape index (κ1) is 15.6. The molecule has 4 rings (SSSR count). The van der Waals surface area contributed by atoms with Crippen molar-refractivity contribution < 1.29 is 14.7 Å². The van der Waals surface area contributed by atoms with Gasteiger partial charge in [-0.1, -0.05) is 6.92 Å². The highest BCUT2D eigenvalue weighted by molar-refractivity contribution is 5.87. The fraction of sp³-hybridized carbons (Fsp3) is 0.895. The number of rotatable bonds is 0. The number of carbonyl (C=O) groups excluding carboxylic acids is 2. The smallest absolute Gasteiger partial charge is 0.225 e. The monoisotopic (exact) mass is 319 g/mol. The van der Waals surface area contributed by atoms with E-state index in [-0.39, 0.29) is 23.3 Å². The van der Waals surface area contributed by atoms with Gasteiger partial charge < -0.3 is 10.0 Å². The molecule has 2 aliphatic carbocycles. The molecule has 1 N–H and O–H groups in total. The first-order valence-corrected chi connectivity index (χ1v) is 9.38. The van der Waals surface area contributed by atoms with Gasteiger partial charge in [-0.2, -0.15) is 0 Å². The summed E-state index contributed by atoms with van der Waals surface area (Å²) < 4.78 is 0. The van der Waals surface area contributed by atoms with E-state index in [1.165, 1.54) is 0 Å². The average Bonchev–Trinajstić information content (AvgIpc) is 2.75. The quantitative estimate of drug-likeness (QED) is 0.746. The van der Waals surface area contributed by atoms with Crippen LogP contribution in [0.2, 0.25) is 0 Å². The molecule has 2 saturated carbocycles. The number of amides is 1. The topological polar surface area (TPSA) is 57.6 Å². The van der Waals surface area contributed by atoms with Gasteiger partial charge in [0.05, 0.1) is 12.5 Å². The van der Waals surface area contributed by atoms with Gasteiger partial charge in [0.2, 0.25) is 5.91 Å². The number of hydrogen-bond acceptors (Lipinski definition) is 3. The Kier molecular flexibility index (Phi) is 3.43. The van der Waals surface area contributed by atoms with Crippen molar-refractivity contribution in [1.82, 2.24) is 4.90 Å². The number of aliphatic hydroxyl groups excluding tert-OH is 1. The lowest BCUT2D eigenvalue weighted by Crippen LogP contribution is -2.62. The molecule has 6 atom stereocenters. The second-order valence-electron chi connectivity index (χ2n) is 8.88. The summed E-state index contributed by atoms with van der Waals surface area (Å²) in [7, 11) is 0. The Labute approximate surface area is 138 Å². The summed E-state index contributed by atoms with van der Waals surface area (Å²) >= 11 is 0. The largest absolute Gasteiger partial charge is 0.393 e. The predicted molar refractivity (Wildman–Crippen MR) is 86.6 cm³/mol. The molecule has 0 aromatic heterocycles. The first-order chi connectivity index (χ1) is 10.9. The van der Waals surface area contributed by atoms with Crippen LogP contribution in [0.3, 0.4) is 0 Å². The third kappa shape index (κ3) is 2.06. The second kappa shape index (κ2) is 5.05. The number of fused-ring (bicyclic) bond motifs is 5. The molecular weight excluding hydrogens is 290 g/mol. The minimum absolute atomic E-state index is 0.103. The summed E-state index contributed by atoms with van der Waals surface area (Å²) in [6.07, 6.45) is 6.30. The lowest BCUT2D eigenvalue weighted by molar-refractivity contribution is -0.154. The molecule has 2 saturated heterocycles. The molecule has 0 aromatic rings. The number of piperidine rings is 1. The van der Waals surface area contributed by atoms with Crippen LogP contribution in [0, 0.1) is 23.2 Å². The number of carbonyl (C=O) groups is 2. The normalized spacial score (nSPS) is 50.1. The van der Waals surface area contributed by atoms with E-state index in [2.05, 4.69) is 18.7 Å². The Morgan fingerprint density at radius 2 is 1.83 bits per heavy atom. The summed E-state index contributed by atoms with van der Waals surface area (Å²) in [5.41, 5.74) is -0.224. The van der Waals surface area contributed by atoms with E-state index < -0.39 is 6.10 Å². The van der Waals surface area contributed by atoms with Crippen molar-refractivity contribution in [3.05, 3.63) is 0 Å². The number of ketones is 1. The molecule has 0 bridgehead atoms. The maximum Gasteiger partial charge on any atom is 0.225 e. The molecule has 1 unspecified atom stereocenters. The minimum Gasteiger partial charge on any atom is -0.393 e. The molecule has 128 valence electrons. The van der Waals surface area contributed by atoms with Crippen LogP contribution in [0.25, 0.3) is 0 Å². The fourth-order valence-corrected chi connectivity index (χ4v) is 6.57. The fourth-order valence-electron chi connectivity index (χ4n) is 6.57. The lowest BCUT2D eigenvalue weighted by Gasteiger charge is -2.58. The summed E-state index contributed by atoms with van der Waals surface area (Å²) in [4.78, 5) is 27.1. The van der Waals surface area contributed by atoms with E-state index in [1.54, 1.807) is 0 Å². The van der Waals surface area contributed by atoms with Crippen LogP contribution < -0.4 is 0 Å². The summed E-state index contributed by atoms with van der Waals surface area (Å²) in [6.45, 7) is 5.25. The second-order valence-corrected chi connectivity index (χ2v) is 8.88. The van der Waals surface area contributed by atoms with Gasteiger partial charge in [0.25, 0.3) is 0 Å². The van der Waals surface area contributed by atoms with Crippen molar-refractivity contribution >= 4 is 11.7 Å². The van der Waals surface area contributed by atoms with Gasteiger partial charge in [0.1, 0.15) is 5.78 Å². The third-order valence-corrected chi connectivity index (χ3v) is 7.94. The van der Waals surface area contributed by atoms with E-state index in [4.69, 9.17) is 0 Å². The first-order valence-electron chi connectivity index (χ1n) is 9.38. The van der Waals surface area contributed by atoms with Crippen molar-refractivity contribution in [3.8, 4) is 0 Å². The number of hydrogen-bond donors (Lipinski definition) is 1. The Bertz CT molecular complexity index is 547. The van der Waals surface area contributed by atoms with Crippen LogP contribution in [0.4, 0.5) is 0 Å². The van der Waals surface area contributed by atoms with Crippen LogP contribution >= 0.6 is 0 Å². The van der Waals surface area contributed by atoms with Crippen LogP contribution in [-0.2, 0) is 9.59 Å². The molecule has 0 aromatic carbocycles. The van der Waals surface area contributed by atoms with Crippen molar-refractivity contribution in [1.29, 1.82) is 0 Å². The van der Waals surface area contributed by atoms with E-state index in [9.17, 15) is 14.7 Å². The zero-order chi connectivity index (χ0) is 16.4. The summed E-state index contributed by atoms with van der Waals surface area (Å²) in [6, 6.07) is 0. The maximum absolute atomic E-state index is 12.6. The molecule has 0 spiro atoms. The van der Waals surface area contributed by atoms with Crippen molar-refractivity contribution in [2.24, 2.45) is 23.2 Å². The molecule has 2 aliphatic heterocycles. The molecule has 23 heavy (non-hydrogen) atoms. The summed E-state index contributed by atoms with van der Waals surface area (Å²) in [5.74, 6) is 2.18. The molecule has 4 fully saturated rings. The van der Waals surface area contributed by atoms with E-state index in [1.807, 2.05) is 0 Å². The highest BCUT2D eigenvalue weighted by atomic mass is 16.3. The SMILES string of the molecule is C[C@]12CC[C@H]3[C@@H](CCN4C(=O)CC(O)CC[C@]34C)[C@@H]1CCC2=O. The number of nitrogens with zero attached hydrogens (tertiary/aromatic N) is 1. The van der Waals surface area contributed by atoms with Crippen molar-refractivity contribution in [2.75, 3.05) is 6.54 Å². The van der Waals surface area contributed by atoms with Crippen LogP contribution in [0.15, 0.2) is 0 Å². The third-order valence-electron chi connectivity index (χ3n) is 7.94. The Balaban J connectivity index is 1.67. The Hall–Kier alpha value is -0.900. The molecule has 4 heteroatoms. The van der Waals surface area contributed by atoms with Gasteiger partial charge in [-0.05, 0) is 63.2 Å². The van der Waals surface area contributed by atoms with Gasteiger partial charge in [-0.3, -0.25) is 9.59 Å². The molecular formula is C19H29NO3. The molecule has 1 amide bonds. The van der Waals surface area contributed by atoms with Crippen LogP contribution in [0.5, 0.6) is 0 Å². The molecule has 4 nitrogen and oxygen atoms in total. The van der Waals surface area contributed by atoms with Gasteiger partial charge in [0.15, 0.2) is 0 Å². The van der Waals surface area contributed by atoms with Gasteiger partial charge in [-0.25, -0.2) is 0 Å². The minimum atomic E-state index is -0.481. The van der Waals surface area contributed by atoms with E-state index in [0.29, 0.717) is 23.5 Å². The number of Topliss-reactive ketones (excluding diaryl/α,β-unsaturated/α-hetero) is 1. The van der Waals surface area contributed by atoms with Crippen molar-refractivity contribution in [2.45, 2.75) is 76.9 Å². The Morgan fingerprint density at radius 1 is 1.04 bits per heavy atom. The maximum atomic E-state index is 12.6. The average molecular weight is 319 g/mol. The molecule has 0 radical (unpaired) electrons. The highest BCUT2D eigenvalue weighted by Crippen LogP contribution is 2.60. The van der Waals surface area contributed by atoms with Gasteiger partial charge in [-0.15, -0.1) is 0 Å². The van der Waals surface area contributed by atoms with Gasteiger partial charge in [0, 0.05) is 23.9 Å². The van der Waals surface area contributed by atoms with Crippen molar-refractivity contribution in [3.63, 3.8) is 0 Å². The Morgan fingerprint density at radius 3 is 2.61 bits per heavy atom. The van der Waals surface area contributed by atoms with Crippen LogP contribution in [-0.4, -0.2) is 39.9 Å². The number of aliphatic hydroxyl groups is 1. The zero-order valence-electron chi connectivity index (χ0n) is 14.4. The van der Waals surface area contributed by atoms with E-state index in [0.717, 1.165) is 51.5 Å². The highest BCUT2D eigenvalue weighted by Gasteiger charge is 2.60. The standard InChI is InChI=1S/C19H29NO3/c1-18-8-6-15-13(14(18)3-4-16(18)22)7-10-20-17(23)11-12(21)5-9-19(15,20)2/h12-15,21H,3-11H2,1-2H3/t12?,13-,14-,15-,18-,19+/m0/s1. The van der Waals surface area contributed by atoms with Gasteiger partial charge >= 0.3 is 0 Å². The molecule has 2 heterocycles. The molecule has 4 aliphatic rings. The predicted octanol–water partition coefficient (Wildman–Crippen LogP) is 2.53. The summed E-state index contributed by atoms with van der Waals surface area (Å²) in [5, 5.41) is 10.1.